The zero-order chi connectivity index (χ0) is 28.8. The molecule has 2 amide bonds. The molecule has 0 spiro atoms. The van der Waals surface area contributed by atoms with Gasteiger partial charge in [-0.15, -0.1) is 0 Å². The van der Waals surface area contributed by atoms with Gasteiger partial charge in [-0.05, 0) is 100 Å². The maximum Gasteiger partial charge on any atom is 0.272 e. The standard InChI is InChI=1S/C27H19BBr3N5O4/c28-19-7-14(8-20(29)24(19)37)12-32-35-26(39)23(34-18-6-5-16-3-1-2-4-17(16)11-18)27(40)36-33-13-15-9-21(30)25(38)22(31)10-15/h1-13,23,34,37-38H,(H,35,39)(H,36,40)/b32-12+,33-13+. The van der Waals surface area contributed by atoms with Gasteiger partial charge in [-0.2, -0.15) is 10.2 Å². The molecule has 9 nitrogen and oxygen atoms in total. The number of hydrazone groups is 2. The van der Waals surface area contributed by atoms with E-state index in [1.165, 1.54) is 18.5 Å². The second-order valence-corrected chi connectivity index (χ2v) is 10.9. The number of phenols is 2. The maximum absolute atomic E-state index is 13.1. The minimum Gasteiger partial charge on any atom is -0.507 e. The number of rotatable bonds is 8. The lowest BCUT2D eigenvalue weighted by molar-refractivity contribution is -0.130. The van der Waals surface area contributed by atoms with Crippen LogP contribution in [0.3, 0.4) is 0 Å². The van der Waals surface area contributed by atoms with Crippen molar-refractivity contribution in [1.29, 1.82) is 0 Å². The molecule has 4 aromatic carbocycles. The van der Waals surface area contributed by atoms with Crippen LogP contribution >= 0.6 is 47.8 Å². The highest BCUT2D eigenvalue weighted by atomic mass is 79.9. The molecule has 0 saturated heterocycles. The third-order valence-electron chi connectivity index (χ3n) is 5.52. The number of halogens is 3. The zero-order valence-electron chi connectivity index (χ0n) is 20.4. The summed E-state index contributed by atoms with van der Waals surface area (Å²) in [6, 6.07) is 18.0. The van der Waals surface area contributed by atoms with Gasteiger partial charge in [0.05, 0.1) is 25.8 Å². The molecule has 0 saturated carbocycles. The van der Waals surface area contributed by atoms with Gasteiger partial charge >= 0.3 is 0 Å². The van der Waals surface area contributed by atoms with Crippen LogP contribution in [0.4, 0.5) is 5.69 Å². The number of anilines is 1. The molecule has 0 bridgehead atoms. The number of fused-ring (bicyclic) bond motifs is 1. The molecular formula is C27H19BBr3N5O4. The fourth-order valence-electron chi connectivity index (χ4n) is 3.54. The van der Waals surface area contributed by atoms with Crippen molar-refractivity contribution in [1.82, 2.24) is 10.9 Å². The van der Waals surface area contributed by atoms with Crippen molar-refractivity contribution in [2.75, 3.05) is 5.32 Å². The first-order valence-electron chi connectivity index (χ1n) is 11.5. The van der Waals surface area contributed by atoms with Gasteiger partial charge in [-0.3, -0.25) is 9.59 Å². The van der Waals surface area contributed by atoms with Crippen molar-refractivity contribution in [2.24, 2.45) is 10.2 Å². The number of hydrogen-bond acceptors (Lipinski definition) is 7. The Hall–Kier alpha value is -3.68. The fourth-order valence-corrected chi connectivity index (χ4v) is 5.26. The van der Waals surface area contributed by atoms with E-state index in [-0.39, 0.29) is 17.0 Å². The van der Waals surface area contributed by atoms with Crippen LogP contribution < -0.4 is 21.6 Å². The van der Waals surface area contributed by atoms with Crippen LogP contribution in [0.25, 0.3) is 10.8 Å². The highest BCUT2D eigenvalue weighted by molar-refractivity contribution is 9.11. The van der Waals surface area contributed by atoms with Crippen LogP contribution in [-0.4, -0.2) is 48.3 Å². The molecule has 5 N–H and O–H groups in total. The summed E-state index contributed by atoms with van der Waals surface area (Å²) in [5, 5.41) is 32.4. The molecule has 2 radical (unpaired) electrons. The van der Waals surface area contributed by atoms with E-state index in [1.807, 2.05) is 36.4 Å². The Morgan fingerprint density at radius 2 is 1.27 bits per heavy atom. The molecule has 200 valence electrons. The lowest BCUT2D eigenvalue weighted by atomic mass is 9.93. The third-order valence-corrected chi connectivity index (χ3v) is 7.33. The molecule has 0 fully saturated rings. The summed E-state index contributed by atoms with van der Waals surface area (Å²) in [7, 11) is 5.76. The summed E-state index contributed by atoms with van der Waals surface area (Å²) in [6.45, 7) is 0. The van der Waals surface area contributed by atoms with Crippen LogP contribution in [-0.2, 0) is 9.59 Å². The summed E-state index contributed by atoms with van der Waals surface area (Å²) in [4.78, 5) is 26.2. The highest BCUT2D eigenvalue weighted by Gasteiger charge is 2.26. The van der Waals surface area contributed by atoms with Crippen LogP contribution in [0.2, 0.25) is 0 Å². The number of nitrogens with one attached hydrogen (secondary N) is 3. The maximum atomic E-state index is 13.1. The van der Waals surface area contributed by atoms with Crippen molar-refractivity contribution in [3.63, 3.8) is 0 Å². The minimum atomic E-state index is -1.41. The second-order valence-electron chi connectivity index (χ2n) is 8.38. The van der Waals surface area contributed by atoms with Crippen LogP contribution in [0.1, 0.15) is 11.1 Å². The first-order valence-corrected chi connectivity index (χ1v) is 13.9. The Kier molecular flexibility index (Phi) is 9.61. The van der Waals surface area contributed by atoms with Gasteiger partial charge in [0.2, 0.25) is 0 Å². The average Bonchev–Trinajstić information content (AvgIpc) is 2.93. The molecule has 0 aliphatic heterocycles. The van der Waals surface area contributed by atoms with Crippen molar-refractivity contribution in [3.05, 3.63) is 91.3 Å². The lowest BCUT2D eigenvalue weighted by Crippen LogP contribution is -2.47. The van der Waals surface area contributed by atoms with Crippen molar-refractivity contribution in [2.45, 2.75) is 6.04 Å². The average molecular weight is 728 g/mol. The third kappa shape index (κ3) is 7.29. The first kappa shape index (κ1) is 29.3. The topological polar surface area (TPSA) is 135 Å². The normalized spacial score (nSPS) is 12.1. The number of amides is 2. The van der Waals surface area contributed by atoms with Crippen LogP contribution in [0.15, 0.2) is 90.4 Å². The Morgan fingerprint density at radius 3 is 1.85 bits per heavy atom. The molecule has 0 aliphatic rings. The van der Waals surface area contributed by atoms with E-state index in [0.717, 1.165) is 10.8 Å². The Morgan fingerprint density at radius 1 is 0.750 bits per heavy atom. The van der Waals surface area contributed by atoms with Gasteiger partial charge in [0.25, 0.3) is 11.8 Å². The predicted octanol–water partition coefficient (Wildman–Crippen LogP) is 4.41. The summed E-state index contributed by atoms with van der Waals surface area (Å²) in [6.07, 6.45) is 2.69. The van der Waals surface area contributed by atoms with E-state index in [9.17, 15) is 19.8 Å². The van der Waals surface area contributed by atoms with Crippen LogP contribution in [0.5, 0.6) is 11.5 Å². The number of benzene rings is 4. The number of nitrogens with zero attached hydrogens (tertiary/aromatic N) is 2. The van der Waals surface area contributed by atoms with Gasteiger partial charge in [-0.1, -0.05) is 41.9 Å². The van der Waals surface area contributed by atoms with E-state index in [2.05, 4.69) is 74.2 Å². The number of carbonyl (C=O) groups excluding carboxylic acids is 2. The lowest BCUT2D eigenvalue weighted by Gasteiger charge is -2.17. The molecule has 1 unspecified atom stereocenters. The molecule has 4 rings (SSSR count). The number of hydrogen-bond donors (Lipinski definition) is 5. The second kappa shape index (κ2) is 13.1. The van der Waals surface area contributed by atoms with Gasteiger partial charge in [0.15, 0.2) is 6.04 Å². The number of carbonyl (C=O) groups is 2. The fraction of sp³-hybridized carbons (Fsp3) is 0.0370. The van der Waals surface area contributed by atoms with Gasteiger partial charge < -0.3 is 15.5 Å². The molecule has 40 heavy (non-hydrogen) atoms. The number of phenolic OH excluding ortho intramolecular Hbond substituents is 2. The van der Waals surface area contributed by atoms with Gasteiger partial charge in [0, 0.05) is 5.69 Å². The molecular weight excluding hydrogens is 709 g/mol. The molecule has 0 aromatic heterocycles. The molecule has 0 aliphatic carbocycles. The highest BCUT2D eigenvalue weighted by Crippen LogP contribution is 2.32. The molecule has 1 atom stereocenters. The summed E-state index contributed by atoms with van der Waals surface area (Å²) in [5.74, 6) is -1.57. The smallest absolute Gasteiger partial charge is 0.272 e. The first-order chi connectivity index (χ1) is 19.1. The van der Waals surface area contributed by atoms with E-state index in [4.69, 9.17) is 7.85 Å². The van der Waals surface area contributed by atoms with Gasteiger partial charge in [-0.25, -0.2) is 10.9 Å². The summed E-state index contributed by atoms with van der Waals surface area (Å²) < 4.78 is 1.23. The molecule has 4 aromatic rings. The van der Waals surface area contributed by atoms with E-state index in [0.29, 0.717) is 30.2 Å². The van der Waals surface area contributed by atoms with E-state index in [1.54, 1.807) is 24.3 Å². The Labute approximate surface area is 255 Å². The summed E-state index contributed by atoms with van der Waals surface area (Å²) in [5.41, 5.74) is 6.45. The quantitative estimate of drug-likeness (QED) is 0.0794. The monoisotopic (exact) mass is 725 g/mol. The minimum absolute atomic E-state index is 0.0282. The predicted molar refractivity (Wildman–Crippen MR) is 168 cm³/mol. The summed E-state index contributed by atoms with van der Waals surface area (Å²) >= 11 is 9.67. The molecule has 13 heteroatoms. The van der Waals surface area contributed by atoms with E-state index < -0.39 is 17.9 Å². The number of aromatic hydroxyl groups is 2. The Balaban J connectivity index is 1.53. The van der Waals surface area contributed by atoms with Crippen molar-refractivity contribution >= 4 is 102 Å². The largest absolute Gasteiger partial charge is 0.507 e. The SMILES string of the molecule is [B]c1cc(/C=N/NC(=O)C(Nc2ccc3ccccc3c2)C(=O)N/N=C/c2cc(Br)c(O)c(Br)c2)cc(Br)c1O. The van der Waals surface area contributed by atoms with E-state index >= 15 is 0 Å². The van der Waals surface area contributed by atoms with Crippen molar-refractivity contribution in [3.8, 4) is 11.5 Å². The van der Waals surface area contributed by atoms with Crippen molar-refractivity contribution < 1.29 is 19.8 Å². The zero-order valence-corrected chi connectivity index (χ0v) is 25.2. The van der Waals surface area contributed by atoms with Gasteiger partial charge in [0.1, 0.15) is 19.3 Å². The Bertz CT molecular complexity index is 1540. The van der Waals surface area contributed by atoms with Crippen LogP contribution in [0, 0.1) is 0 Å². The molecule has 0 heterocycles.